The number of hydrogen-bond acceptors (Lipinski definition) is 3. The molecular formula is C8H13NS2. The monoisotopic (exact) mass is 187 g/mol. The first-order valence-corrected chi connectivity index (χ1v) is 5.53. The summed E-state index contributed by atoms with van der Waals surface area (Å²) in [5, 5.41) is 2.69. The van der Waals surface area contributed by atoms with Gasteiger partial charge in [0.1, 0.15) is 0 Å². The van der Waals surface area contributed by atoms with Gasteiger partial charge in [-0.15, -0.1) is 23.1 Å². The highest BCUT2D eigenvalue weighted by atomic mass is 32.2. The molecule has 0 spiro atoms. The maximum Gasteiger partial charge on any atom is 0.0601 e. The standard InChI is InChI=1S/C8H13NS2/c1-2-7(6-9)11-8-4-3-5-10-8/h3-5,7H,2,6,9H2,1H3. The fraction of sp³-hybridized carbons (Fsp3) is 0.500. The van der Waals surface area contributed by atoms with Gasteiger partial charge < -0.3 is 5.73 Å². The molecule has 11 heavy (non-hydrogen) atoms. The van der Waals surface area contributed by atoms with E-state index in [0.717, 1.165) is 13.0 Å². The molecule has 1 atom stereocenters. The van der Waals surface area contributed by atoms with Crippen molar-refractivity contribution >= 4 is 23.1 Å². The molecular weight excluding hydrogens is 174 g/mol. The molecule has 0 saturated heterocycles. The van der Waals surface area contributed by atoms with Crippen molar-refractivity contribution < 1.29 is 0 Å². The Hall–Kier alpha value is 0.01000. The molecule has 62 valence electrons. The van der Waals surface area contributed by atoms with Crippen LogP contribution < -0.4 is 5.73 Å². The van der Waals surface area contributed by atoms with E-state index >= 15 is 0 Å². The van der Waals surface area contributed by atoms with Crippen molar-refractivity contribution in [2.45, 2.75) is 22.8 Å². The molecule has 1 heterocycles. The minimum Gasteiger partial charge on any atom is -0.329 e. The Balaban J connectivity index is 2.41. The molecule has 0 aromatic carbocycles. The molecule has 1 aromatic rings. The van der Waals surface area contributed by atoms with Crippen molar-refractivity contribution in [3.8, 4) is 0 Å². The number of thioether (sulfide) groups is 1. The van der Waals surface area contributed by atoms with Crippen LogP contribution in [0.1, 0.15) is 13.3 Å². The van der Waals surface area contributed by atoms with Crippen LogP contribution in [0.2, 0.25) is 0 Å². The van der Waals surface area contributed by atoms with E-state index in [-0.39, 0.29) is 0 Å². The van der Waals surface area contributed by atoms with Crippen molar-refractivity contribution in [1.29, 1.82) is 0 Å². The predicted octanol–water partition coefficient (Wildman–Crippen LogP) is 2.58. The van der Waals surface area contributed by atoms with E-state index in [1.54, 1.807) is 11.3 Å². The van der Waals surface area contributed by atoms with Gasteiger partial charge in [0.05, 0.1) is 4.21 Å². The third-order valence-corrected chi connectivity index (χ3v) is 3.96. The average molecular weight is 187 g/mol. The number of rotatable bonds is 4. The van der Waals surface area contributed by atoms with Gasteiger partial charge in [-0.2, -0.15) is 0 Å². The van der Waals surface area contributed by atoms with E-state index < -0.39 is 0 Å². The van der Waals surface area contributed by atoms with Gasteiger partial charge >= 0.3 is 0 Å². The summed E-state index contributed by atoms with van der Waals surface area (Å²) in [6, 6.07) is 4.23. The van der Waals surface area contributed by atoms with Crippen LogP contribution in [0.3, 0.4) is 0 Å². The molecule has 1 rings (SSSR count). The zero-order valence-electron chi connectivity index (χ0n) is 6.62. The largest absolute Gasteiger partial charge is 0.329 e. The lowest BCUT2D eigenvalue weighted by molar-refractivity contribution is 0.828. The summed E-state index contributed by atoms with van der Waals surface area (Å²) in [5.41, 5.74) is 5.58. The summed E-state index contributed by atoms with van der Waals surface area (Å²) in [5.74, 6) is 0. The summed E-state index contributed by atoms with van der Waals surface area (Å²) in [7, 11) is 0. The van der Waals surface area contributed by atoms with E-state index in [1.165, 1.54) is 4.21 Å². The van der Waals surface area contributed by atoms with Gasteiger partial charge in [0.15, 0.2) is 0 Å². The Kier molecular flexibility index (Phi) is 3.97. The molecule has 1 unspecified atom stereocenters. The Morgan fingerprint density at radius 1 is 1.73 bits per heavy atom. The molecule has 0 saturated carbocycles. The lowest BCUT2D eigenvalue weighted by atomic mass is 10.3. The summed E-state index contributed by atoms with van der Waals surface area (Å²) < 4.78 is 1.38. The van der Waals surface area contributed by atoms with Crippen molar-refractivity contribution in [3.63, 3.8) is 0 Å². The fourth-order valence-electron chi connectivity index (χ4n) is 0.793. The molecule has 1 nitrogen and oxygen atoms in total. The smallest absolute Gasteiger partial charge is 0.0601 e. The molecule has 0 aliphatic heterocycles. The van der Waals surface area contributed by atoms with Gasteiger partial charge in [-0.1, -0.05) is 13.0 Å². The van der Waals surface area contributed by atoms with Crippen LogP contribution in [0.5, 0.6) is 0 Å². The molecule has 0 radical (unpaired) electrons. The maximum absolute atomic E-state index is 5.58. The number of hydrogen-bond donors (Lipinski definition) is 1. The van der Waals surface area contributed by atoms with Crippen LogP contribution in [0, 0.1) is 0 Å². The molecule has 2 N–H and O–H groups in total. The van der Waals surface area contributed by atoms with Crippen LogP contribution in [-0.4, -0.2) is 11.8 Å². The maximum atomic E-state index is 5.58. The third-order valence-electron chi connectivity index (χ3n) is 1.50. The average Bonchev–Trinajstić information content (AvgIpc) is 2.52. The Morgan fingerprint density at radius 3 is 3.00 bits per heavy atom. The SMILES string of the molecule is CCC(CN)Sc1cccs1. The van der Waals surface area contributed by atoms with Gasteiger partial charge in [0.25, 0.3) is 0 Å². The van der Waals surface area contributed by atoms with Crippen LogP contribution in [0.25, 0.3) is 0 Å². The first-order chi connectivity index (χ1) is 5.36. The molecule has 3 heteroatoms. The summed E-state index contributed by atoms with van der Waals surface area (Å²) in [4.78, 5) is 0. The Morgan fingerprint density at radius 2 is 2.55 bits per heavy atom. The molecule has 0 aliphatic carbocycles. The number of thiophene rings is 1. The molecule has 0 aliphatic rings. The fourth-order valence-corrected chi connectivity index (χ4v) is 2.79. The highest BCUT2D eigenvalue weighted by Gasteiger charge is 2.05. The zero-order chi connectivity index (χ0) is 8.10. The summed E-state index contributed by atoms with van der Waals surface area (Å²) >= 11 is 3.68. The summed E-state index contributed by atoms with van der Waals surface area (Å²) in [6.45, 7) is 2.96. The Bertz CT molecular complexity index is 180. The lowest BCUT2D eigenvalue weighted by Gasteiger charge is -2.08. The van der Waals surface area contributed by atoms with Crippen molar-refractivity contribution in [2.75, 3.05) is 6.54 Å². The van der Waals surface area contributed by atoms with Gasteiger partial charge in [-0.05, 0) is 17.9 Å². The van der Waals surface area contributed by atoms with Crippen molar-refractivity contribution in [2.24, 2.45) is 5.73 Å². The first kappa shape index (κ1) is 9.10. The van der Waals surface area contributed by atoms with Gasteiger partial charge in [0, 0.05) is 11.8 Å². The lowest BCUT2D eigenvalue weighted by Crippen LogP contribution is -2.14. The zero-order valence-corrected chi connectivity index (χ0v) is 8.25. The van der Waals surface area contributed by atoms with Gasteiger partial charge in [-0.3, -0.25) is 0 Å². The van der Waals surface area contributed by atoms with Gasteiger partial charge in [0.2, 0.25) is 0 Å². The second kappa shape index (κ2) is 4.80. The summed E-state index contributed by atoms with van der Waals surface area (Å²) in [6.07, 6.45) is 1.15. The van der Waals surface area contributed by atoms with Gasteiger partial charge in [-0.25, -0.2) is 0 Å². The second-order valence-electron chi connectivity index (χ2n) is 2.32. The van der Waals surface area contributed by atoms with E-state index in [0.29, 0.717) is 5.25 Å². The van der Waals surface area contributed by atoms with E-state index in [2.05, 4.69) is 24.4 Å². The normalized spacial score (nSPS) is 13.3. The molecule has 0 fully saturated rings. The first-order valence-electron chi connectivity index (χ1n) is 3.77. The second-order valence-corrected chi connectivity index (χ2v) is 4.86. The van der Waals surface area contributed by atoms with Crippen LogP contribution in [0.4, 0.5) is 0 Å². The van der Waals surface area contributed by atoms with Crippen molar-refractivity contribution in [1.82, 2.24) is 0 Å². The Labute approximate surface area is 76.0 Å². The molecule has 1 aromatic heterocycles. The molecule has 0 amide bonds. The predicted molar refractivity (Wildman–Crippen MR) is 53.3 cm³/mol. The van der Waals surface area contributed by atoms with Crippen molar-refractivity contribution in [3.05, 3.63) is 17.5 Å². The van der Waals surface area contributed by atoms with E-state index in [4.69, 9.17) is 5.73 Å². The van der Waals surface area contributed by atoms with Crippen LogP contribution in [0.15, 0.2) is 21.7 Å². The quantitative estimate of drug-likeness (QED) is 0.733. The van der Waals surface area contributed by atoms with E-state index in [9.17, 15) is 0 Å². The highest BCUT2D eigenvalue weighted by Crippen LogP contribution is 2.28. The van der Waals surface area contributed by atoms with Crippen LogP contribution >= 0.6 is 23.1 Å². The molecule has 0 bridgehead atoms. The minimum atomic E-state index is 0.591. The third kappa shape index (κ3) is 2.85. The number of nitrogens with two attached hydrogens (primary N) is 1. The minimum absolute atomic E-state index is 0.591. The van der Waals surface area contributed by atoms with E-state index in [1.807, 2.05) is 11.8 Å². The highest BCUT2D eigenvalue weighted by molar-refractivity contribution is 8.01. The topological polar surface area (TPSA) is 26.0 Å². The van der Waals surface area contributed by atoms with Crippen LogP contribution in [-0.2, 0) is 0 Å².